The highest BCUT2D eigenvalue weighted by Crippen LogP contribution is 2.80. The van der Waals surface area contributed by atoms with Crippen LogP contribution < -0.4 is 0 Å². The van der Waals surface area contributed by atoms with Crippen LogP contribution in [0, 0.1) is 34.5 Å². The van der Waals surface area contributed by atoms with E-state index in [-0.39, 0.29) is 31.4 Å². The molecule has 12 nitrogen and oxygen atoms in total. The number of carbonyl (C=O) groups is 2. The first-order valence-electron chi connectivity index (χ1n) is 23.4. The van der Waals surface area contributed by atoms with Gasteiger partial charge in [-0.05, 0) is 37.4 Å². The van der Waals surface area contributed by atoms with Gasteiger partial charge in [-0.1, -0.05) is 109 Å². The van der Waals surface area contributed by atoms with Crippen molar-refractivity contribution >= 4 is 11.9 Å². The van der Waals surface area contributed by atoms with Crippen LogP contribution in [0.4, 0.5) is 0 Å². The number of hydrogen-bond donors (Lipinski definition) is 3. The van der Waals surface area contributed by atoms with Crippen LogP contribution >= 0.6 is 0 Å². The van der Waals surface area contributed by atoms with E-state index in [1.54, 1.807) is 45.6 Å². The maximum absolute atomic E-state index is 14.5. The molecule has 12 heteroatoms. The number of benzene rings is 1. The summed E-state index contributed by atoms with van der Waals surface area (Å²) in [4.78, 5) is 31.0. The molecular weight excluding hydrogens is 767 g/mol. The van der Waals surface area contributed by atoms with Gasteiger partial charge in [0.1, 0.15) is 23.9 Å². The Morgan fingerprint density at radius 3 is 2.00 bits per heavy atom. The Morgan fingerprint density at radius 1 is 0.800 bits per heavy atom. The molecule has 0 aromatic heterocycles. The number of hydrogen-bond acceptors (Lipinski definition) is 12. The third-order valence-corrected chi connectivity index (χ3v) is 16.6. The first-order valence-corrected chi connectivity index (χ1v) is 23.4. The molecule has 1 heterocycles. The van der Waals surface area contributed by atoms with E-state index in [0.29, 0.717) is 31.5 Å². The average molecular weight is 842 g/mol. The summed E-state index contributed by atoms with van der Waals surface area (Å²) in [7, 11) is 6.41. The number of unbranched alkanes of at least 4 members (excludes halogenated alkanes) is 12. The van der Waals surface area contributed by atoms with Gasteiger partial charge < -0.3 is 43.7 Å². The number of fused-ring (bicyclic) bond motifs is 2. The molecule has 5 saturated carbocycles. The number of ether oxygens (including phenoxy) is 6. The van der Waals surface area contributed by atoms with Crippen LogP contribution in [0.1, 0.15) is 127 Å². The SMILES string of the molecule is CCCCCCCCCCCCCCCC(=O)O[C@]12C(O)[C@H](OC)[C@]3(O)C[C@H]([C@@H]1[C@H]3OC(=O)c1ccccc1)[C@@]13[C@@H](OC)C[C@@H](O)[C@@]4(COC)CN(CC)[C@@H]1[C@@H]2[C@H](OC)[C@H]43. The molecule has 338 valence electrons. The maximum Gasteiger partial charge on any atom is 0.338 e. The molecular formula is C48H75NO11. The van der Waals surface area contributed by atoms with Crippen molar-refractivity contribution in [2.75, 3.05) is 48.1 Å². The molecule has 0 amide bonds. The van der Waals surface area contributed by atoms with Gasteiger partial charge in [0.15, 0.2) is 5.60 Å². The monoisotopic (exact) mass is 842 g/mol. The summed E-state index contributed by atoms with van der Waals surface area (Å²) < 4.78 is 38.7. The summed E-state index contributed by atoms with van der Waals surface area (Å²) in [5.74, 6) is -3.47. The van der Waals surface area contributed by atoms with E-state index in [4.69, 9.17) is 28.4 Å². The third-order valence-electron chi connectivity index (χ3n) is 16.6. The van der Waals surface area contributed by atoms with Crippen LogP contribution in [0.5, 0.6) is 0 Å². The van der Waals surface area contributed by atoms with Gasteiger partial charge in [0, 0.05) is 82.5 Å². The molecule has 1 spiro atoms. The van der Waals surface area contributed by atoms with Crippen LogP contribution in [-0.4, -0.2) is 134 Å². The molecule has 1 aromatic carbocycles. The molecule has 7 bridgehead atoms. The topological polar surface area (TPSA) is 153 Å². The van der Waals surface area contributed by atoms with Crippen molar-refractivity contribution in [1.82, 2.24) is 4.90 Å². The van der Waals surface area contributed by atoms with Crippen LogP contribution in [0.15, 0.2) is 30.3 Å². The summed E-state index contributed by atoms with van der Waals surface area (Å²) in [5, 5.41) is 38.3. The Balaban J connectivity index is 1.23. The minimum atomic E-state index is -1.84. The molecule has 0 radical (unpaired) electrons. The van der Waals surface area contributed by atoms with Crippen molar-refractivity contribution < 1.29 is 53.3 Å². The second-order valence-corrected chi connectivity index (χ2v) is 19.3. The molecule has 6 fully saturated rings. The van der Waals surface area contributed by atoms with E-state index >= 15 is 0 Å². The van der Waals surface area contributed by atoms with Gasteiger partial charge in [0.25, 0.3) is 0 Å². The lowest BCUT2D eigenvalue weighted by Gasteiger charge is -2.70. The number of carbonyl (C=O) groups excluding carboxylic acids is 2. The predicted octanol–water partition coefficient (Wildman–Crippen LogP) is 6.11. The van der Waals surface area contributed by atoms with Crippen molar-refractivity contribution in [3.05, 3.63) is 35.9 Å². The molecule has 1 unspecified atom stereocenters. The molecule has 1 aromatic rings. The zero-order chi connectivity index (χ0) is 42.9. The van der Waals surface area contributed by atoms with Crippen LogP contribution in [-0.2, 0) is 33.2 Å². The van der Waals surface area contributed by atoms with Gasteiger partial charge in [0.2, 0.25) is 0 Å². The van der Waals surface area contributed by atoms with E-state index in [9.17, 15) is 24.9 Å². The second-order valence-electron chi connectivity index (χ2n) is 19.3. The Bertz CT molecular complexity index is 1600. The number of nitrogens with zero attached hydrogens (tertiary/aromatic N) is 1. The smallest absolute Gasteiger partial charge is 0.338 e. The summed E-state index contributed by atoms with van der Waals surface area (Å²) in [5.41, 5.74) is -4.82. The zero-order valence-electron chi connectivity index (χ0n) is 37.2. The molecule has 1 aliphatic heterocycles. The summed E-state index contributed by atoms with van der Waals surface area (Å²) in [6, 6.07) is 8.32. The first kappa shape index (κ1) is 45.9. The van der Waals surface area contributed by atoms with E-state index in [1.165, 1.54) is 64.9 Å². The van der Waals surface area contributed by atoms with Gasteiger partial charge in [-0.25, -0.2) is 4.79 Å². The number of aliphatic hydroxyl groups excluding tert-OH is 2. The van der Waals surface area contributed by atoms with Crippen molar-refractivity contribution in [1.29, 1.82) is 0 Å². The Labute approximate surface area is 358 Å². The highest BCUT2D eigenvalue weighted by molar-refractivity contribution is 5.89. The van der Waals surface area contributed by atoms with Crippen molar-refractivity contribution in [3.63, 3.8) is 0 Å². The number of aliphatic hydroxyl groups is 3. The minimum absolute atomic E-state index is 0.0881. The lowest BCUT2D eigenvalue weighted by Crippen LogP contribution is -2.81. The lowest BCUT2D eigenvalue weighted by molar-refractivity contribution is -0.323. The Kier molecular flexibility index (Phi) is 14.4. The minimum Gasteiger partial charge on any atom is -0.455 e. The summed E-state index contributed by atoms with van der Waals surface area (Å²) in [6.07, 6.45) is 10.0. The molecule has 1 saturated heterocycles. The highest BCUT2D eigenvalue weighted by Gasteiger charge is 2.92. The number of piperidine rings is 1. The van der Waals surface area contributed by atoms with Crippen molar-refractivity contribution in [2.24, 2.45) is 34.5 Å². The van der Waals surface area contributed by atoms with Gasteiger partial charge >= 0.3 is 11.9 Å². The number of rotatable bonds is 23. The second kappa shape index (κ2) is 18.9. The highest BCUT2D eigenvalue weighted by atomic mass is 16.6. The summed E-state index contributed by atoms with van der Waals surface area (Å²) >= 11 is 0. The van der Waals surface area contributed by atoms with Gasteiger partial charge in [-0.3, -0.25) is 9.69 Å². The first-order chi connectivity index (χ1) is 29.0. The van der Waals surface area contributed by atoms with E-state index in [1.807, 2.05) is 6.07 Å². The lowest BCUT2D eigenvalue weighted by atomic mass is 9.42. The van der Waals surface area contributed by atoms with E-state index in [0.717, 1.165) is 19.3 Å². The average Bonchev–Trinajstić information content (AvgIpc) is 3.62. The van der Waals surface area contributed by atoms with Crippen LogP contribution in [0.25, 0.3) is 0 Å². The van der Waals surface area contributed by atoms with Crippen molar-refractivity contribution in [2.45, 2.75) is 170 Å². The fourth-order valence-corrected chi connectivity index (χ4v) is 14.6. The van der Waals surface area contributed by atoms with E-state index in [2.05, 4.69) is 18.7 Å². The quantitative estimate of drug-likeness (QED) is 0.0861. The third kappa shape index (κ3) is 7.10. The maximum atomic E-state index is 14.5. The zero-order valence-corrected chi connectivity index (χ0v) is 37.2. The molecule has 3 N–H and O–H groups in total. The molecule has 7 rings (SSSR count). The van der Waals surface area contributed by atoms with Crippen molar-refractivity contribution in [3.8, 4) is 0 Å². The van der Waals surface area contributed by atoms with Gasteiger partial charge in [-0.2, -0.15) is 0 Å². The fourth-order valence-electron chi connectivity index (χ4n) is 14.6. The normalized spacial score (nSPS) is 41.0. The Hall–Kier alpha value is -2.16. The van der Waals surface area contributed by atoms with Gasteiger partial charge in [0.05, 0.1) is 30.5 Å². The number of esters is 2. The molecule has 5 aliphatic carbocycles. The Morgan fingerprint density at radius 2 is 1.43 bits per heavy atom. The van der Waals surface area contributed by atoms with Gasteiger partial charge in [-0.15, -0.1) is 0 Å². The van der Waals surface area contributed by atoms with Crippen LogP contribution in [0.3, 0.4) is 0 Å². The number of likely N-dealkylation sites (tertiary alicyclic amines) is 1. The number of methoxy groups -OCH3 is 4. The molecule has 15 atom stereocenters. The standard InChI is InChI=1S/C48H75NO11/c1-7-9-10-11-12-13-14-15-16-17-18-19-23-26-35(51)60-48-36-32(28-46(54,43(58-6)41(48)52)42(36)59-44(53)31-24-21-20-22-25-31)47-34(56-4)27-33(50)45(30-55-3)29-49(8-2)40(47)37(48)38(57-5)39(45)47/h20-22,24-25,32-34,36-43,50,52,54H,7-19,23,26-30H2,1-6H3/t32-,33-,34+,36-,37+,38+,39-,40-,41?,42-,43+,45+,46+,47+,48-/m1/s1. The van der Waals surface area contributed by atoms with E-state index < -0.39 is 88.3 Å². The molecule has 6 aliphatic rings. The largest absolute Gasteiger partial charge is 0.455 e. The molecule has 60 heavy (non-hydrogen) atoms. The summed E-state index contributed by atoms with van der Waals surface area (Å²) in [6.45, 7) is 5.68. The fraction of sp³-hybridized carbons (Fsp3) is 0.833. The predicted molar refractivity (Wildman–Crippen MR) is 225 cm³/mol. The van der Waals surface area contributed by atoms with Crippen LogP contribution in [0.2, 0.25) is 0 Å².